The molecule has 0 aromatic heterocycles. The van der Waals surface area contributed by atoms with E-state index < -0.39 is 39.9 Å². The largest absolute Gasteiger partial charge is 4.00 e. The van der Waals surface area contributed by atoms with Crippen LogP contribution in [0.4, 0.5) is 14.3 Å². The average Bonchev–Trinajstić information content (AvgIpc) is 1.72. The van der Waals surface area contributed by atoms with Gasteiger partial charge in [0.15, 0.2) is 0 Å². The minimum absolute atomic E-state index is 0. The van der Waals surface area contributed by atoms with E-state index in [1.807, 2.05) is 0 Å². The van der Waals surface area contributed by atoms with Crippen LogP contribution in [-0.2, 0) is 60.7 Å². The van der Waals surface area contributed by atoms with Gasteiger partial charge in [-0.2, -0.15) is 24.0 Å². The molecule has 96 heavy (non-hydrogen) atoms. The summed E-state index contributed by atoms with van der Waals surface area (Å²) in [6.07, 6.45) is 36.8. The maximum absolute atomic E-state index is 12.1. The monoisotopic (exact) mass is 1800 g/mol. The predicted molar refractivity (Wildman–Crippen MR) is 377 cm³/mol. The Kier molecular flexibility index (Phi) is 47.2. The second-order valence-electron chi connectivity index (χ2n) is 32.2. The van der Waals surface area contributed by atoms with Crippen LogP contribution in [0.5, 0.6) is 0 Å². The molecule has 2 amide bonds. The molecule has 22 heteroatoms. The number of hydrogen-bond donors (Lipinski definition) is 4. The molecule has 8 saturated carbocycles. The molecule has 10 rings (SSSR count). The molecule has 4 unspecified atom stereocenters. The molecule has 0 bridgehead atoms. The summed E-state index contributed by atoms with van der Waals surface area (Å²) >= 11 is 0. The first-order chi connectivity index (χ1) is 41.3. The van der Waals surface area contributed by atoms with E-state index in [0.717, 1.165) is 136 Å². The predicted octanol–water partition coefficient (Wildman–Crippen LogP) is 14.0. The summed E-state index contributed by atoms with van der Waals surface area (Å²) in [5, 5.41) is 4.30. The number of allylic oxidation sites excluding steroid dienone is 2. The molecule has 0 heterocycles. The van der Waals surface area contributed by atoms with Crippen molar-refractivity contribution in [3.8, 4) is 0 Å². The third kappa shape index (κ3) is 27.2. The fourth-order valence-corrected chi connectivity index (χ4v) is 21.2. The Bertz CT molecular complexity index is 2280. The van der Waals surface area contributed by atoms with Crippen LogP contribution < -0.4 is 123 Å². The number of rotatable bonds is 16. The molecule has 0 spiro atoms. The molecular formula is C74H136FK2N5O10P2Pt2. The summed E-state index contributed by atoms with van der Waals surface area (Å²) in [4.78, 5) is 63.7. The van der Waals surface area contributed by atoms with Gasteiger partial charge < -0.3 is 83.2 Å². The molecule has 8 fully saturated rings. The van der Waals surface area contributed by atoms with Crippen molar-refractivity contribution in [2.24, 2.45) is 98.6 Å². The number of carbonyl (C=O) groups is 2. The van der Waals surface area contributed by atoms with E-state index >= 15 is 0 Å². The van der Waals surface area contributed by atoms with Gasteiger partial charge in [-0.05, 0) is 190 Å². The molecule has 0 saturated heterocycles. The Labute approximate surface area is 701 Å². The van der Waals surface area contributed by atoms with Crippen molar-refractivity contribution in [3.63, 3.8) is 0 Å². The van der Waals surface area contributed by atoms with Crippen LogP contribution in [-0.4, -0.2) is 64.9 Å². The zero-order valence-electron chi connectivity index (χ0n) is 61.5. The van der Waals surface area contributed by atoms with Crippen molar-refractivity contribution in [1.29, 1.82) is 0 Å². The molecule has 0 aromatic rings. The SMILES string of the molecule is C.CC(C)CCC[C@@H](C)[C@H]1CC[C@H]2[C@@H]3CC=C4C[C@@H](OC(=O)NCP(=O)(O)O)CC[C@]4(C)[C@H]3CC[C@]12C.CC(C)CCC[C@@H](C)[C@H]1CC[C@H]2[C@@H]3CC=C4C[C@@H](OC(=O)NCP(=O)([O-])[O-])CC[C@]4(C)[C@H]3CC[C@]12C.F.[2HH].[CH2-]C1CCCCC1[NH-].[CH3-].[CH3-].[K+].[K+].[NH-]C1CCCCC1[NH-].[Pt+2].[Pt+4]. The van der Waals surface area contributed by atoms with Gasteiger partial charge in [-0.15, -0.1) is 0 Å². The summed E-state index contributed by atoms with van der Waals surface area (Å²) in [5.41, 5.74) is 26.2. The second kappa shape index (κ2) is 44.9. The van der Waals surface area contributed by atoms with Crippen molar-refractivity contribution in [2.75, 3.05) is 12.6 Å². The van der Waals surface area contributed by atoms with E-state index in [-0.39, 0.29) is 214 Å². The van der Waals surface area contributed by atoms with Crippen LogP contribution in [0, 0.1) is 120 Å². The maximum Gasteiger partial charge on any atom is 4.00 e. The molecule has 556 valence electrons. The fourth-order valence-electron chi connectivity index (χ4n) is 20.6. The molecule has 10 aliphatic rings. The van der Waals surface area contributed by atoms with Gasteiger partial charge in [-0.3, -0.25) is 9.27 Å². The first-order valence-electron chi connectivity index (χ1n) is 35.6. The van der Waals surface area contributed by atoms with Crippen LogP contribution in [0.25, 0.3) is 17.2 Å². The van der Waals surface area contributed by atoms with Gasteiger partial charge in [-0.1, -0.05) is 190 Å². The maximum atomic E-state index is 12.1. The van der Waals surface area contributed by atoms with E-state index in [1.165, 1.54) is 133 Å². The Morgan fingerprint density at radius 3 is 1.28 bits per heavy atom. The van der Waals surface area contributed by atoms with Crippen LogP contribution in [0.1, 0.15) is 271 Å². The number of ether oxygens (including phenoxy) is 2. The molecule has 0 radical (unpaired) electrons. The molecule has 7 N–H and O–H groups in total. The minimum atomic E-state index is -4.78. The molecule has 15 nitrogen and oxygen atoms in total. The number of hydrogen-bond acceptors (Lipinski definition) is 8. The minimum Gasteiger partial charge on any atom is -0.810 e. The van der Waals surface area contributed by atoms with Gasteiger partial charge in [0.05, 0.1) is 0 Å². The van der Waals surface area contributed by atoms with Gasteiger partial charge in [0, 0.05) is 20.6 Å². The van der Waals surface area contributed by atoms with Crippen molar-refractivity contribution in [3.05, 3.63) is 62.3 Å². The van der Waals surface area contributed by atoms with Crippen molar-refractivity contribution < 1.29 is 199 Å². The van der Waals surface area contributed by atoms with E-state index in [1.54, 1.807) is 0 Å². The van der Waals surface area contributed by atoms with Gasteiger partial charge in [0.2, 0.25) is 0 Å². The normalized spacial score (nSPS) is 35.9. The Morgan fingerprint density at radius 1 is 0.594 bits per heavy atom. The number of amides is 2. The summed E-state index contributed by atoms with van der Waals surface area (Å²) in [7, 11) is -9.07. The molecule has 0 aromatic carbocycles. The van der Waals surface area contributed by atoms with Crippen molar-refractivity contribution >= 4 is 27.4 Å². The van der Waals surface area contributed by atoms with Crippen molar-refractivity contribution in [1.82, 2.24) is 10.6 Å². The van der Waals surface area contributed by atoms with Gasteiger partial charge in [0.25, 0.3) is 0 Å². The Balaban J connectivity index is -0.00000137. The summed E-state index contributed by atoms with van der Waals surface area (Å²) in [6.45, 7) is 28.5. The zero-order valence-corrected chi connectivity index (χ0v) is 74.1. The number of fused-ring (bicyclic) bond motifs is 10. The molecular weight excluding hydrogens is 1670 g/mol. The fraction of sp³-hybridized carbons (Fsp3) is 0.878. The standard InChI is InChI=1S/2C29H50NO5P.C7H13N.C6H12N2.CH4.2CH3.FH.2K.2Pt.H2/c2*1-19(2)7-6-8-20(3)24-11-12-25-23-10-9-21-17-22(35-27(31)30-18-36(32,33)34)13-15-28(21,4)26(23)14-16-29(24,25)5;1-6-4-2-3-5-7(6)8;7-5-3-1-2-4-6(5)8;;;;;;;;;/h2*9,19-20,22-26H,6-8,10-18H2,1-5H3,(H,30,31)(H2,32,33,34);6-8H,1-5H2;5-8H,1-4H2;1H4;2*1H3;1H;;;;;1H/q;;2*-2;;2*-1;;2*+1;+2;+4;/p-2/t2*20-,22+,23+,24-,25+,26+,28+,29-;;;;;;;;;;;/m11.........../s1/i;;;;;;;;;;;;1+1. The first-order valence-corrected chi connectivity index (χ1v) is 39.1. The molecule has 0 aliphatic heterocycles. The topological polar surface area (TPSA) is 269 Å². The summed E-state index contributed by atoms with van der Waals surface area (Å²) in [6, 6.07) is -0.0174. The quantitative estimate of drug-likeness (QED) is 0.0491. The van der Waals surface area contributed by atoms with E-state index in [2.05, 4.69) is 98.9 Å². The number of carbonyl (C=O) groups excluding carboxylic acids is 2. The van der Waals surface area contributed by atoms with Crippen LogP contribution in [0.3, 0.4) is 0 Å². The van der Waals surface area contributed by atoms with Crippen molar-refractivity contribution in [2.45, 2.75) is 300 Å². The van der Waals surface area contributed by atoms with Gasteiger partial charge in [0.1, 0.15) is 18.5 Å². The Hall–Kier alpha value is 2.78. The average molecular weight is 1810 g/mol. The van der Waals surface area contributed by atoms with E-state index in [0.29, 0.717) is 22.7 Å². The molecule has 10 aliphatic carbocycles. The summed E-state index contributed by atoms with van der Waals surface area (Å²) in [5.74, 6) is 9.98. The van der Waals surface area contributed by atoms with Gasteiger partial charge in [-0.25, -0.2) is 9.59 Å². The third-order valence-electron chi connectivity index (χ3n) is 25.6. The van der Waals surface area contributed by atoms with E-state index in [9.17, 15) is 28.5 Å². The number of alkyl carbamates (subject to hydrolysis) is 2. The second-order valence-corrected chi connectivity index (χ2v) is 35.4. The van der Waals surface area contributed by atoms with Crippen LogP contribution in [0.2, 0.25) is 0 Å². The smallest absolute Gasteiger partial charge is 0.810 e. The zero-order chi connectivity index (χ0) is 64.6. The van der Waals surface area contributed by atoms with Crippen LogP contribution in [0.15, 0.2) is 23.3 Å². The molecule has 20 atom stereocenters. The first kappa shape index (κ1) is 101. The van der Waals surface area contributed by atoms with Gasteiger partial charge >= 0.3 is 165 Å². The Morgan fingerprint density at radius 2 is 0.958 bits per heavy atom. The summed E-state index contributed by atoms with van der Waals surface area (Å²) < 4.78 is 32.9. The van der Waals surface area contributed by atoms with Crippen LogP contribution >= 0.6 is 15.2 Å². The number of halogens is 1. The van der Waals surface area contributed by atoms with E-state index in [4.69, 9.17) is 36.5 Å². The third-order valence-corrected chi connectivity index (χ3v) is 26.7. The number of nitrogens with one attached hydrogen (secondary N) is 5.